The highest BCUT2D eigenvalue weighted by Gasteiger charge is 2.29. The Hall–Kier alpha value is -1.55. The second-order valence-electron chi connectivity index (χ2n) is 4.62. The van der Waals surface area contributed by atoms with Crippen LogP contribution in [0, 0.1) is 0 Å². The minimum absolute atomic E-state index is 0.0290. The SMILES string of the molecule is CC(=O)NC[C@H]1c2ccccc2CCN1C(=O)CCl. The third-order valence-electron chi connectivity index (χ3n) is 3.39. The summed E-state index contributed by atoms with van der Waals surface area (Å²) in [7, 11) is 0. The molecule has 1 heterocycles. The van der Waals surface area contributed by atoms with E-state index in [2.05, 4.69) is 11.4 Å². The zero-order valence-electron chi connectivity index (χ0n) is 10.9. The number of nitrogens with one attached hydrogen (secondary N) is 1. The molecule has 0 saturated carbocycles. The lowest BCUT2D eigenvalue weighted by atomic mass is 9.92. The van der Waals surface area contributed by atoms with E-state index in [1.807, 2.05) is 18.2 Å². The molecule has 0 spiro atoms. The van der Waals surface area contributed by atoms with Gasteiger partial charge in [-0.25, -0.2) is 0 Å². The topological polar surface area (TPSA) is 49.4 Å². The summed E-state index contributed by atoms with van der Waals surface area (Å²) < 4.78 is 0. The third kappa shape index (κ3) is 3.07. The van der Waals surface area contributed by atoms with Gasteiger partial charge in [0.15, 0.2) is 0 Å². The van der Waals surface area contributed by atoms with Crippen LogP contribution in [0.1, 0.15) is 24.1 Å². The van der Waals surface area contributed by atoms with Gasteiger partial charge < -0.3 is 10.2 Å². The number of hydrogen-bond donors (Lipinski definition) is 1. The van der Waals surface area contributed by atoms with Gasteiger partial charge in [0, 0.05) is 20.0 Å². The van der Waals surface area contributed by atoms with Gasteiger partial charge in [-0.1, -0.05) is 24.3 Å². The van der Waals surface area contributed by atoms with Gasteiger partial charge in [0.1, 0.15) is 5.88 Å². The predicted octanol–water partition coefficient (Wildman–Crippen LogP) is 1.49. The largest absolute Gasteiger partial charge is 0.354 e. The monoisotopic (exact) mass is 280 g/mol. The average Bonchev–Trinajstić information content (AvgIpc) is 2.43. The van der Waals surface area contributed by atoms with Gasteiger partial charge in [0.25, 0.3) is 0 Å². The molecule has 1 N–H and O–H groups in total. The molecule has 0 fully saturated rings. The van der Waals surface area contributed by atoms with Crippen molar-refractivity contribution in [1.29, 1.82) is 0 Å². The van der Waals surface area contributed by atoms with E-state index in [-0.39, 0.29) is 23.7 Å². The predicted molar refractivity (Wildman–Crippen MR) is 74.0 cm³/mol. The summed E-state index contributed by atoms with van der Waals surface area (Å²) in [5.41, 5.74) is 2.33. The van der Waals surface area contributed by atoms with Crippen LogP contribution in [0.2, 0.25) is 0 Å². The Morgan fingerprint density at radius 3 is 2.84 bits per heavy atom. The second kappa shape index (κ2) is 6.06. The zero-order chi connectivity index (χ0) is 13.8. The van der Waals surface area contributed by atoms with Crippen molar-refractivity contribution in [2.75, 3.05) is 19.0 Å². The van der Waals surface area contributed by atoms with Gasteiger partial charge in [-0.3, -0.25) is 9.59 Å². The van der Waals surface area contributed by atoms with Gasteiger partial charge in [-0.2, -0.15) is 0 Å². The number of rotatable bonds is 3. The molecule has 0 bridgehead atoms. The minimum Gasteiger partial charge on any atom is -0.354 e. The van der Waals surface area contributed by atoms with E-state index < -0.39 is 0 Å². The molecule has 0 unspecified atom stereocenters. The summed E-state index contributed by atoms with van der Waals surface area (Å²) in [4.78, 5) is 24.8. The van der Waals surface area contributed by atoms with Crippen molar-refractivity contribution in [3.05, 3.63) is 35.4 Å². The zero-order valence-corrected chi connectivity index (χ0v) is 11.6. The van der Waals surface area contributed by atoms with E-state index in [0.717, 1.165) is 12.0 Å². The van der Waals surface area contributed by atoms with E-state index >= 15 is 0 Å². The van der Waals surface area contributed by atoms with Crippen molar-refractivity contribution < 1.29 is 9.59 Å². The summed E-state index contributed by atoms with van der Waals surface area (Å²) in [6.07, 6.45) is 0.829. The molecule has 102 valence electrons. The van der Waals surface area contributed by atoms with E-state index in [4.69, 9.17) is 11.6 Å². The van der Waals surface area contributed by atoms with Gasteiger partial charge in [0.2, 0.25) is 11.8 Å². The van der Waals surface area contributed by atoms with Crippen LogP contribution in [0.5, 0.6) is 0 Å². The van der Waals surface area contributed by atoms with Gasteiger partial charge in [-0.15, -0.1) is 11.6 Å². The molecule has 2 rings (SSSR count). The highest BCUT2D eigenvalue weighted by molar-refractivity contribution is 6.27. The molecule has 0 aromatic heterocycles. The normalized spacial score (nSPS) is 17.8. The molecule has 1 aromatic rings. The maximum Gasteiger partial charge on any atom is 0.238 e. The minimum atomic E-state index is -0.125. The molecule has 1 aromatic carbocycles. The summed E-state index contributed by atoms with van der Waals surface area (Å²) >= 11 is 5.66. The standard InChI is InChI=1S/C14H17ClN2O2/c1-10(18)16-9-13-12-5-3-2-4-11(12)6-7-17(13)14(19)8-15/h2-5,13H,6-9H2,1H3,(H,16,18)/t13-/m0/s1. The van der Waals surface area contributed by atoms with Crippen molar-refractivity contribution in [1.82, 2.24) is 10.2 Å². The number of carbonyl (C=O) groups is 2. The first kappa shape index (κ1) is 13.9. The van der Waals surface area contributed by atoms with Crippen molar-refractivity contribution >= 4 is 23.4 Å². The van der Waals surface area contributed by atoms with E-state index in [1.54, 1.807) is 4.90 Å². The number of amides is 2. The summed E-state index contributed by atoms with van der Waals surface area (Å²) in [5, 5.41) is 2.79. The average molecular weight is 281 g/mol. The summed E-state index contributed by atoms with van der Waals surface area (Å²) in [5.74, 6) is -0.216. The van der Waals surface area contributed by atoms with Crippen molar-refractivity contribution in [3.63, 3.8) is 0 Å². The molecular formula is C14H17ClN2O2. The van der Waals surface area contributed by atoms with Crippen LogP contribution < -0.4 is 5.32 Å². The van der Waals surface area contributed by atoms with E-state index in [1.165, 1.54) is 12.5 Å². The van der Waals surface area contributed by atoms with Crippen LogP contribution in [0.25, 0.3) is 0 Å². The maximum atomic E-state index is 11.9. The number of alkyl halides is 1. The van der Waals surface area contributed by atoms with Crippen LogP contribution in [0.3, 0.4) is 0 Å². The summed E-state index contributed by atoms with van der Waals surface area (Å²) in [6.45, 7) is 2.55. The number of halogens is 1. The number of hydrogen-bond acceptors (Lipinski definition) is 2. The number of nitrogens with zero attached hydrogens (tertiary/aromatic N) is 1. The first-order valence-electron chi connectivity index (χ1n) is 6.31. The molecule has 1 aliphatic rings. The lowest BCUT2D eigenvalue weighted by molar-refractivity contribution is -0.132. The molecule has 19 heavy (non-hydrogen) atoms. The van der Waals surface area contributed by atoms with Crippen molar-refractivity contribution in [2.24, 2.45) is 0 Å². The Kier molecular flexibility index (Phi) is 4.43. The fraction of sp³-hybridized carbons (Fsp3) is 0.429. The number of carbonyl (C=O) groups excluding carboxylic acids is 2. The van der Waals surface area contributed by atoms with E-state index in [0.29, 0.717) is 13.1 Å². The van der Waals surface area contributed by atoms with Crippen LogP contribution in [0.15, 0.2) is 24.3 Å². The first-order chi connectivity index (χ1) is 9.13. The first-order valence-corrected chi connectivity index (χ1v) is 6.84. The fourth-order valence-electron chi connectivity index (χ4n) is 2.49. The Morgan fingerprint density at radius 1 is 1.42 bits per heavy atom. The molecule has 5 heteroatoms. The Morgan fingerprint density at radius 2 is 2.16 bits per heavy atom. The lowest BCUT2D eigenvalue weighted by Crippen LogP contribution is -2.45. The highest BCUT2D eigenvalue weighted by atomic mass is 35.5. The lowest BCUT2D eigenvalue weighted by Gasteiger charge is -2.37. The van der Waals surface area contributed by atoms with Crippen LogP contribution in [-0.2, 0) is 16.0 Å². The number of benzene rings is 1. The van der Waals surface area contributed by atoms with Crippen LogP contribution >= 0.6 is 11.6 Å². The molecule has 0 saturated heterocycles. The second-order valence-corrected chi connectivity index (χ2v) is 4.89. The third-order valence-corrected chi connectivity index (χ3v) is 3.62. The molecule has 1 aliphatic heterocycles. The Bertz CT molecular complexity index is 490. The number of fused-ring (bicyclic) bond motifs is 1. The molecular weight excluding hydrogens is 264 g/mol. The molecule has 1 atom stereocenters. The highest BCUT2D eigenvalue weighted by Crippen LogP contribution is 2.29. The van der Waals surface area contributed by atoms with E-state index in [9.17, 15) is 9.59 Å². The molecule has 2 amide bonds. The molecule has 0 radical (unpaired) electrons. The Balaban J connectivity index is 2.28. The quantitative estimate of drug-likeness (QED) is 0.853. The molecule has 4 nitrogen and oxygen atoms in total. The van der Waals surface area contributed by atoms with Crippen LogP contribution in [-0.4, -0.2) is 35.7 Å². The smallest absolute Gasteiger partial charge is 0.238 e. The summed E-state index contributed by atoms with van der Waals surface area (Å²) in [6, 6.07) is 7.90. The van der Waals surface area contributed by atoms with Gasteiger partial charge in [0.05, 0.1) is 6.04 Å². The van der Waals surface area contributed by atoms with Gasteiger partial charge in [-0.05, 0) is 17.5 Å². The van der Waals surface area contributed by atoms with Crippen LogP contribution in [0.4, 0.5) is 0 Å². The van der Waals surface area contributed by atoms with Crippen molar-refractivity contribution in [2.45, 2.75) is 19.4 Å². The van der Waals surface area contributed by atoms with Crippen molar-refractivity contribution in [3.8, 4) is 0 Å². The van der Waals surface area contributed by atoms with Gasteiger partial charge >= 0.3 is 0 Å². The maximum absolute atomic E-state index is 11.9. The Labute approximate surface area is 117 Å². The molecule has 0 aliphatic carbocycles. The fourth-order valence-corrected chi connectivity index (χ4v) is 2.64.